The standard InChI is InChI=1S/C34H46N6O6/c1-6-8-17-46-34(44)39-15-13-38(14-16-39)32(42)29(21(3)4)37-31(41)26-18-27(36-30(35-26)23-11-9-22(5)10-12-23)40-19-24-25(20-40)28(24)33(43)45-7-2/h9-12,18,21,24-25,28-29H,6-8,13-17,19-20H2,1-5H3,(H,37,41)/t24?,25?,28?,29-/m0/s1. The van der Waals surface area contributed by atoms with Gasteiger partial charge in [-0.2, -0.15) is 0 Å². The molecule has 2 saturated heterocycles. The fraction of sp³-hybridized carbons (Fsp3) is 0.588. The Bertz CT molecular complexity index is 1410. The number of fused-ring (bicyclic) bond motifs is 1. The molecular formula is C34H46N6O6. The Kier molecular flexibility index (Phi) is 10.4. The maximum absolute atomic E-state index is 13.8. The number of esters is 1. The van der Waals surface area contributed by atoms with Crippen molar-refractivity contribution in [2.45, 2.75) is 53.5 Å². The van der Waals surface area contributed by atoms with Crippen LogP contribution in [0.15, 0.2) is 30.3 Å². The van der Waals surface area contributed by atoms with Gasteiger partial charge in [0.05, 0.1) is 19.1 Å². The third-order valence-electron chi connectivity index (χ3n) is 9.12. The molecule has 1 saturated carbocycles. The van der Waals surface area contributed by atoms with E-state index in [4.69, 9.17) is 14.5 Å². The van der Waals surface area contributed by atoms with Crippen LogP contribution in [0.1, 0.15) is 56.6 Å². The van der Waals surface area contributed by atoms with Crippen molar-refractivity contribution in [3.63, 3.8) is 0 Å². The fourth-order valence-corrected chi connectivity index (χ4v) is 6.28. The van der Waals surface area contributed by atoms with E-state index < -0.39 is 11.9 Å². The number of rotatable bonds is 11. The van der Waals surface area contributed by atoms with Gasteiger partial charge < -0.3 is 29.5 Å². The molecule has 248 valence electrons. The number of piperidine rings is 1. The van der Waals surface area contributed by atoms with Gasteiger partial charge >= 0.3 is 12.1 Å². The van der Waals surface area contributed by atoms with Gasteiger partial charge in [0.2, 0.25) is 5.91 Å². The summed E-state index contributed by atoms with van der Waals surface area (Å²) in [6.45, 7) is 13.1. The maximum Gasteiger partial charge on any atom is 0.409 e. The number of carbonyl (C=O) groups is 4. The van der Waals surface area contributed by atoms with Crippen molar-refractivity contribution in [1.29, 1.82) is 0 Å². The first kappa shape index (κ1) is 33.2. The second-order valence-electron chi connectivity index (χ2n) is 12.8. The lowest BCUT2D eigenvalue weighted by atomic mass is 10.0. The Morgan fingerprint density at radius 2 is 1.59 bits per heavy atom. The monoisotopic (exact) mass is 634 g/mol. The van der Waals surface area contributed by atoms with Gasteiger partial charge in [-0.3, -0.25) is 14.4 Å². The first-order valence-corrected chi connectivity index (χ1v) is 16.5. The van der Waals surface area contributed by atoms with Crippen molar-refractivity contribution >= 4 is 29.7 Å². The normalized spacial score (nSPS) is 21.1. The molecule has 5 rings (SSSR count). The number of benzene rings is 1. The van der Waals surface area contributed by atoms with E-state index in [0.717, 1.165) is 24.0 Å². The number of aryl methyl sites for hydroxylation is 1. The van der Waals surface area contributed by atoms with E-state index in [9.17, 15) is 19.2 Å². The topological polar surface area (TPSA) is 134 Å². The van der Waals surface area contributed by atoms with Gasteiger partial charge in [-0.15, -0.1) is 0 Å². The molecule has 3 heterocycles. The Labute approximate surface area is 270 Å². The zero-order chi connectivity index (χ0) is 33.0. The van der Waals surface area contributed by atoms with Crippen LogP contribution < -0.4 is 10.2 Å². The van der Waals surface area contributed by atoms with Crippen LogP contribution in [0.2, 0.25) is 0 Å². The van der Waals surface area contributed by atoms with E-state index in [1.807, 2.05) is 58.9 Å². The van der Waals surface area contributed by atoms with Crippen molar-refractivity contribution in [3.8, 4) is 11.4 Å². The number of ether oxygens (including phenoxy) is 2. The number of nitrogens with one attached hydrogen (secondary N) is 1. The van der Waals surface area contributed by atoms with Crippen LogP contribution >= 0.6 is 0 Å². The van der Waals surface area contributed by atoms with E-state index >= 15 is 0 Å². The predicted octanol–water partition coefficient (Wildman–Crippen LogP) is 3.53. The van der Waals surface area contributed by atoms with Gasteiger partial charge in [0.25, 0.3) is 5.91 Å². The molecule has 1 aromatic carbocycles. The van der Waals surface area contributed by atoms with Crippen molar-refractivity contribution in [1.82, 2.24) is 25.1 Å². The summed E-state index contributed by atoms with van der Waals surface area (Å²) in [5.41, 5.74) is 2.04. The summed E-state index contributed by atoms with van der Waals surface area (Å²) in [5.74, 6) is 0.375. The zero-order valence-electron chi connectivity index (χ0n) is 27.5. The summed E-state index contributed by atoms with van der Waals surface area (Å²) >= 11 is 0. The van der Waals surface area contributed by atoms with E-state index in [1.54, 1.807) is 15.9 Å². The highest BCUT2D eigenvalue weighted by Crippen LogP contribution is 2.53. The molecule has 0 spiro atoms. The summed E-state index contributed by atoms with van der Waals surface area (Å²) in [6.07, 6.45) is 1.40. The molecule has 2 aliphatic heterocycles. The first-order chi connectivity index (χ1) is 22.1. The average molecular weight is 635 g/mol. The maximum atomic E-state index is 13.8. The number of amides is 3. The summed E-state index contributed by atoms with van der Waals surface area (Å²) in [7, 11) is 0. The minimum absolute atomic E-state index is 0.0799. The van der Waals surface area contributed by atoms with Crippen LogP contribution in [0.4, 0.5) is 10.6 Å². The van der Waals surface area contributed by atoms with E-state index in [-0.39, 0.29) is 47.3 Å². The Morgan fingerprint density at radius 1 is 0.935 bits per heavy atom. The number of nitrogens with zero attached hydrogens (tertiary/aromatic N) is 5. The lowest BCUT2D eigenvalue weighted by molar-refractivity contribution is -0.145. The van der Waals surface area contributed by atoms with Gasteiger partial charge in [0.15, 0.2) is 5.82 Å². The van der Waals surface area contributed by atoms with Crippen molar-refractivity contribution in [3.05, 3.63) is 41.6 Å². The molecule has 12 heteroatoms. The largest absolute Gasteiger partial charge is 0.466 e. The summed E-state index contributed by atoms with van der Waals surface area (Å²) in [5, 5.41) is 2.95. The van der Waals surface area contributed by atoms with E-state index in [1.165, 1.54) is 0 Å². The zero-order valence-corrected chi connectivity index (χ0v) is 27.5. The van der Waals surface area contributed by atoms with Gasteiger partial charge in [-0.25, -0.2) is 14.8 Å². The van der Waals surface area contributed by atoms with Crippen LogP contribution in [0.5, 0.6) is 0 Å². The molecule has 1 aliphatic carbocycles. The number of carbonyl (C=O) groups excluding carboxylic acids is 4. The Morgan fingerprint density at radius 3 is 2.20 bits per heavy atom. The smallest absolute Gasteiger partial charge is 0.409 e. The third-order valence-corrected chi connectivity index (χ3v) is 9.12. The molecule has 0 radical (unpaired) electrons. The van der Waals surface area contributed by atoms with Crippen LogP contribution in [-0.2, 0) is 19.1 Å². The van der Waals surface area contributed by atoms with Crippen molar-refractivity contribution in [2.75, 3.05) is 57.4 Å². The molecule has 0 bridgehead atoms. The van der Waals surface area contributed by atoms with Crippen LogP contribution in [0.25, 0.3) is 11.4 Å². The minimum Gasteiger partial charge on any atom is -0.466 e. The number of hydrogen-bond acceptors (Lipinski definition) is 9. The van der Waals surface area contributed by atoms with Crippen molar-refractivity contribution < 1.29 is 28.7 Å². The van der Waals surface area contributed by atoms with Gasteiger partial charge in [-0.1, -0.05) is 57.0 Å². The highest BCUT2D eigenvalue weighted by molar-refractivity contribution is 5.97. The SMILES string of the molecule is CCCCOC(=O)N1CCN(C(=O)[C@@H](NC(=O)c2cc(N3CC4C(C3)C4C(=O)OCC)nc(-c3ccc(C)cc3)n2)C(C)C)CC1. The minimum atomic E-state index is -0.776. The molecular weight excluding hydrogens is 588 g/mol. The molecule has 3 aliphatic rings. The average Bonchev–Trinajstić information content (AvgIpc) is 3.56. The molecule has 3 fully saturated rings. The Hall–Kier alpha value is -4.22. The number of unbranched alkanes of at least 4 members (excludes halogenated alkanes) is 1. The number of aromatic nitrogens is 2. The second-order valence-corrected chi connectivity index (χ2v) is 12.8. The van der Waals surface area contributed by atoms with Crippen LogP contribution in [0.3, 0.4) is 0 Å². The molecule has 46 heavy (non-hydrogen) atoms. The summed E-state index contributed by atoms with van der Waals surface area (Å²) < 4.78 is 10.6. The lowest BCUT2D eigenvalue weighted by Gasteiger charge is -2.36. The molecule has 3 atom stereocenters. The quantitative estimate of drug-likeness (QED) is 0.291. The number of anilines is 1. The van der Waals surface area contributed by atoms with E-state index in [0.29, 0.717) is 64.1 Å². The predicted molar refractivity (Wildman–Crippen MR) is 172 cm³/mol. The molecule has 1 N–H and O–H groups in total. The third kappa shape index (κ3) is 7.42. The summed E-state index contributed by atoms with van der Waals surface area (Å²) in [6, 6.07) is 8.68. The number of hydrogen-bond donors (Lipinski definition) is 1. The van der Waals surface area contributed by atoms with Crippen molar-refractivity contribution in [2.24, 2.45) is 23.7 Å². The van der Waals surface area contributed by atoms with Gasteiger partial charge in [0, 0.05) is 50.9 Å². The molecule has 3 amide bonds. The lowest BCUT2D eigenvalue weighted by Crippen LogP contribution is -2.57. The molecule has 12 nitrogen and oxygen atoms in total. The molecule has 1 aromatic heterocycles. The van der Waals surface area contributed by atoms with Gasteiger partial charge in [-0.05, 0) is 38.0 Å². The molecule has 2 aromatic rings. The highest BCUT2D eigenvalue weighted by atomic mass is 16.6. The second kappa shape index (κ2) is 14.5. The van der Waals surface area contributed by atoms with E-state index in [2.05, 4.69) is 15.2 Å². The summed E-state index contributed by atoms with van der Waals surface area (Å²) in [4.78, 5) is 67.0. The highest BCUT2D eigenvalue weighted by Gasteiger charge is 2.60. The van der Waals surface area contributed by atoms with Crippen LogP contribution in [0, 0.1) is 30.6 Å². The first-order valence-electron chi connectivity index (χ1n) is 16.5. The Balaban J connectivity index is 1.29. The van der Waals surface area contributed by atoms with Crippen LogP contribution in [-0.4, -0.2) is 102 Å². The molecule has 2 unspecified atom stereocenters. The number of piperazine rings is 1. The fourth-order valence-electron chi connectivity index (χ4n) is 6.28. The van der Waals surface area contributed by atoms with Gasteiger partial charge in [0.1, 0.15) is 17.6 Å².